The van der Waals surface area contributed by atoms with Crippen molar-refractivity contribution in [3.63, 3.8) is 0 Å². The Kier molecular flexibility index (Phi) is 5.46. The predicted octanol–water partition coefficient (Wildman–Crippen LogP) is 1.40. The van der Waals surface area contributed by atoms with E-state index >= 15 is 0 Å². The first-order chi connectivity index (χ1) is 4.76. The molecule has 0 heterocycles. The van der Waals surface area contributed by atoms with Gasteiger partial charge in [0.1, 0.15) is 0 Å². The summed E-state index contributed by atoms with van der Waals surface area (Å²) in [7, 11) is 0. The van der Waals surface area contributed by atoms with Gasteiger partial charge in [-0.3, -0.25) is 0 Å². The lowest BCUT2D eigenvalue weighted by Crippen LogP contribution is -2.21. The summed E-state index contributed by atoms with van der Waals surface area (Å²) < 4.78 is 0. The number of nitriles is 1. The van der Waals surface area contributed by atoms with Gasteiger partial charge in [-0.1, -0.05) is 6.92 Å². The van der Waals surface area contributed by atoms with Gasteiger partial charge in [0, 0.05) is 5.25 Å². The van der Waals surface area contributed by atoms with E-state index in [4.69, 9.17) is 5.26 Å². The molecule has 0 saturated heterocycles. The van der Waals surface area contributed by atoms with Crippen LogP contribution in [0.2, 0.25) is 0 Å². The first-order valence-electron chi connectivity index (χ1n) is 3.34. The van der Waals surface area contributed by atoms with Crippen LogP contribution in [0.3, 0.4) is 0 Å². The van der Waals surface area contributed by atoms with E-state index in [0.29, 0.717) is 0 Å². The first-order valence-corrected chi connectivity index (χ1v) is 4.62. The van der Waals surface area contributed by atoms with Gasteiger partial charge in [-0.15, -0.1) is 0 Å². The molecule has 0 aliphatic carbocycles. The summed E-state index contributed by atoms with van der Waals surface area (Å²) in [5.41, 5.74) is 0. The topological polar surface area (TPSA) is 44.0 Å². The molecule has 0 fully saturated rings. The number of hydrogen-bond acceptors (Lipinski definition) is 3. The van der Waals surface area contributed by atoms with Gasteiger partial charge in [-0.25, -0.2) is 0 Å². The van der Waals surface area contributed by atoms with E-state index in [1.54, 1.807) is 11.8 Å². The summed E-state index contributed by atoms with van der Waals surface area (Å²) in [4.78, 5) is 0. The van der Waals surface area contributed by atoms with Crippen molar-refractivity contribution in [1.82, 2.24) is 0 Å². The van der Waals surface area contributed by atoms with Gasteiger partial charge in [0.2, 0.25) is 0 Å². The van der Waals surface area contributed by atoms with Crippen LogP contribution in [-0.4, -0.2) is 22.7 Å². The SMILES string of the molecule is CCC(SC)C(O)CC#N. The van der Waals surface area contributed by atoms with Crippen molar-refractivity contribution < 1.29 is 5.11 Å². The van der Waals surface area contributed by atoms with Gasteiger partial charge in [0.25, 0.3) is 0 Å². The number of nitrogens with zero attached hydrogens (tertiary/aromatic N) is 1. The Balaban J connectivity index is 3.66. The van der Waals surface area contributed by atoms with Crippen molar-refractivity contribution in [2.24, 2.45) is 0 Å². The normalized spacial score (nSPS) is 15.8. The van der Waals surface area contributed by atoms with Crippen LogP contribution in [0.5, 0.6) is 0 Å². The summed E-state index contributed by atoms with van der Waals surface area (Å²) in [6, 6.07) is 1.95. The van der Waals surface area contributed by atoms with Crippen molar-refractivity contribution in [3.8, 4) is 6.07 Å². The molecule has 0 bridgehead atoms. The minimum absolute atomic E-state index is 0.222. The molecule has 0 rings (SSSR count). The lowest BCUT2D eigenvalue weighted by atomic mass is 10.1. The van der Waals surface area contributed by atoms with E-state index in [9.17, 15) is 5.11 Å². The minimum Gasteiger partial charge on any atom is -0.391 e. The van der Waals surface area contributed by atoms with Crippen molar-refractivity contribution in [3.05, 3.63) is 0 Å². The molecule has 58 valence electrons. The van der Waals surface area contributed by atoms with Crippen LogP contribution in [0, 0.1) is 11.3 Å². The fraction of sp³-hybridized carbons (Fsp3) is 0.857. The Bertz CT molecular complexity index is 117. The Morgan fingerprint density at radius 1 is 1.70 bits per heavy atom. The summed E-state index contributed by atoms with van der Waals surface area (Å²) in [5.74, 6) is 0. The molecule has 0 aromatic heterocycles. The highest BCUT2D eigenvalue weighted by Gasteiger charge is 2.14. The zero-order chi connectivity index (χ0) is 7.98. The van der Waals surface area contributed by atoms with Crippen LogP contribution < -0.4 is 0 Å². The van der Waals surface area contributed by atoms with E-state index in [-0.39, 0.29) is 11.7 Å². The maximum Gasteiger partial charge on any atom is 0.0788 e. The van der Waals surface area contributed by atoms with Gasteiger partial charge in [0.05, 0.1) is 18.6 Å². The fourth-order valence-electron chi connectivity index (χ4n) is 0.821. The molecule has 0 aromatic carbocycles. The maximum absolute atomic E-state index is 9.27. The van der Waals surface area contributed by atoms with E-state index < -0.39 is 6.10 Å². The Labute approximate surface area is 66.2 Å². The molecule has 2 nitrogen and oxygen atoms in total. The minimum atomic E-state index is -0.454. The predicted molar refractivity (Wildman–Crippen MR) is 43.8 cm³/mol. The number of aliphatic hydroxyl groups is 1. The second-order valence-corrected chi connectivity index (χ2v) is 3.19. The number of rotatable bonds is 4. The van der Waals surface area contributed by atoms with Crippen molar-refractivity contribution in [2.75, 3.05) is 6.26 Å². The van der Waals surface area contributed by atoms with Crippen LogP contribution in [0.1, 0.15) is 19.8 Å². The summed E-state index contributed by atoms with van der Waals surface area (Å²) in [5, 5.41) is 17.7. The molecule has 2 unspecified atom stereocenters. The highest BCUT2D eigenvalue weighted by molar-refractivity contribution is 7.99. The van der Waals surface area contributed by atoms with Crippen LogP contribution in [-0.2, 0) is 0 Å². The standard InChI is InChI=1S/C7H13NOS/c1-3-7(10-2)6(9)4-5-8/h6-7,9H,3-4H2,1-2H3. The average Bonchev–Trinajstić information content (AvgIpc) is 1.91. The Morgan fingerprint density at radius 3 is 2.60 bits per heavy atom. The van der Waals surface area contributed by atoms with Crippen LogP contribution in [0.15, 0.2) is 0 Å². The lowest BCUT2D eigenvalue weighted by Gasteiger charge is -2.15. The van der Waals surface area contributed by atoms with Gasteiger partial charge in [0.15, 0.2) is 0 Å². The molecule has 3 heteroatoms. The maximum atomic E-state index is 9.27. The van der Waals surface area contributed by atoms with Crippen LogP contribution in [0.4, 0.5) is 0 Å². The molecule has 10 heavy (non-hydrogen) atoms. The summed E-state index contributed by atoms with van der Waals surface area (Å²) in [6.45, 7) is 2.02. The molecule has 0 aliphatic rings. The van der Waals surface area contributed by atoms with Crippen molar-refractivity contribution in [2.45, 2.75) is 31.1 Å². The van der Waals surface area contributed by atoms with Gasteiger partial charge < -0.3 is 5.11 Å². The number of aliphatic hydroxyl groups excluding tert-OH is 1. The quantitative estimate of drug-likeness (QED) is 0.674. The van der Waals surface area contributed by atoms with Crippen LogP contribution in [0.25, 0.3) is 0 Å². The third-order valence-corrected chi connectivity index (χ3v) is 2.69. The summed E-state index contributed by atoms with van der Waals surface area (Å²) >= 11 is 1.62. The lowest BCUT2D eigenvalue weighted by molar-refractivity contribution is 0.175. The third kappa shape index (κ3) is 3.09. The van der Waals surface area contributed by atoms with Crippen molar-refractivity contribution in [1.29, 1.82) is 5.26 Å². The largest absolute Gasteiger partial charge is 0.391 e. The molecule has 2 atom stereocenters. The Morgan fingerprint density at radius 2 is 2.30 bits per heavy atom. The fourth-order valence-corrected chi connectivity index (χ4v) is 1.56. The van der Waals surface area contributed by atoms with E-state index in [1.807, 2.05) is 19.2 Å². The molecular formula is C7H13NOS. The van der Waals surface area contributed by atoms with Gasteiger partial charge in [-0.05, 0) is 12.7 Å². The second-order valence-electron chi connectivity index (χ2n) is 2.11. The molecule has 0 radical (unpaired) electrons. The molecule has 0 aromatic rings. The molecule has 0 aliphatic heterocycles. The molecule has 1 N–H and O–H groups in total. The highest BCUT2D eigenvalue weighted by atomic mass is 32.2. The van der Waals surface area contributed by atoms with Gasteiger partial charge in [-0.2, -0.15) is 17.0 Å². The monoisotopic (exact) mass is 159 g/mol. The number of thioether (sulfide) groups is 1. The Hall–Kier alpha value is -0.200. The zero-order valence-corrected chi connectivity index (χ0v) is 7.19. The van der Waals surface area contributed by atoms with E-state index in [0.717, 1.165) is 6.42 Å². The first kappa shape index (κ1) is 9.80. The highest BCUT2D eigenvalue weighted by Crippen LogP contribution is 2.16. The second kappa shape index (κ2) is 5.57. The van der Waals surface area contributed by atoms with E-state index in [2.05, 4.69) is 0 Å². The molecule has 0 amide bonds. The summed E-state index contributed by atoms with van der Waals surface area (Å²) in [6.07, 6.45) is 2.67. The third-order valence-electron chi connectivity index (χ3n) is 1.43. The van der Waals surface area contributed by atoms with E-state index in [1.165, 1.54) is 0 Å². The molecule has 0 saturated carbocycles. The smallest absolute Gasteiger partial charge is 0.0788 e. The van der Waals surface area contributed by atoms with Crippen LogP contribution >= 0.6 is 11.8 Å². The average molecular weight is 159 g/mol. The number of hydrogen-bond donors (Lipinski definition) is 1. The zero-order valence-electron chi connectivity index (χ0n) is 6.37. The van der Waals surface area contributed by atoms with Crippen molar-refractivity contribution >= 4 is 11.8 Å². The molecular weight excluding hydrogens is 146 g/mol. The molecule has 0 spiro atoms. The van der Waals surface area contributed by atoms with Gasteiger partial charge >= 0.3 is 0 Å².